The molecule has 1 aromatic rings. The minimum Gasteiger partial charge on any atom is -0.481 e. The van der Waals surface area contributed by atoms with Crippen molar-refractivity contribution in [3.63, 3.8) is 0 Å². The van der Waals surface area contributed by atoms with Crippen LogP contribution in [0.4, 0.5) is 13.2 Å². The number of nitrogens with one attached hydrogen (secondary N) is 1. The van der Waals surface area contributed by atoms with Gasteiger partial charge in [-0.05, 0) is 18.4 Å². The maximum atomic E-state index is 12.5. The van der Waals surface area contributed by atoms with Gasteiger partial charge < -0.3 is 15.3 Å². The van der Waals surface area contributed by atoms with Crippen molar-refractivity contribution in [2.45, 2.75) is 37.9 Å². The Morgan fingerprint density at radius 1 is 1.26 bits per heavy atom. The molecule has 2 amide bonds. The number of carboxylic acids is 1. The molecule has 0 aliphatic carbocycles. The van der Waals surface area contributed by atoms with E-state index in [9.17, 15) is 27.6 Å². The first-order valence-corrected chi connectivity index (χ1v) is 8.54. The summed E-state index contributed by atoms with van der Waals surface area (Å²) < 4.78 is 37.5. The molecule has 9 heteroatoms. The average molecular weight is 386 g/mol. The maximum Gasteiger partial charge on any atom is 0.406 e. The fourth-order valence-corrected chi connectivity index (χ4v) is 3.06. The molecule has 1 saturated heterocycles. The molecule has 2 atom stereocenters. The third-order valence-electron chi connectivity index (χ3n) is 4.33. The van der Waals surface area contributed by atoms with Crippen LogP contribution in [0, 0.1) is 5.92 Å². The van der Waals surface area contributed by atoms with Gasteiger partial charge in [-0.2, -0.15) is 13.2 Å². The van der Waals surface area contributed by atoms with Crippen LogP contribution in [0.1, 0.15) is 24.8 Å². The van der Waals surface area contributed by atoms with E-state index in [0.29, 0.717) is 11.3 Å². The Balaban J connectivity index is 1.98. The quantitative estimate of drug-likeness (QED) is 0.715. The fourth-order valence-electron chi connectivity index (χ4n) is 3.06. The molecule has 1 fully saturated rings. The minimum absolute atomic E-state index is 0.151. The van der Waals surface area contributed by atoms with E-state index in [-0.39, 0.29) is 25.8 Å². The van der Waals surface area contributed by atoms with Crippen LogP contribution < -0.4 is 5.32 Å². The lowest BCUT2D eigenvalue weighted by atomic mass is 10.00. The largest absolute Gasteiger partial charge is 0.481 e. The number of carbonyl (C=O) groups is 3. The second kappa shape index (κ2) is 8.88. The second-order valence-corrected chi connectivity index (χ2v) is 6.62. The molecule has 0 saturated carbocycles. The van der Waals surface area contributed by atoms with E-state index >= 15 is 0 Å². The first-order valence-electron chi connectivity index (χ1n) is 8.54. The number of halogens is 3. The Bertz CT molecular complexity index is 679. The van der Waals surface area contributed by atoms with Crippen molar-refractivity contribution in [2.75, 3.05) is 13.1 Å². The summed E-state index contributed by atoms with van der Waals surface area (Å²) in [4.78, 5) is 35.6. The van der Waals surface area contributed by atoms with E-state index in [4.69, 9.17) is 5.11 Å². The lowest BCUT2D eigenvalue weighted by Crippen LogP contribution is -2.42. The highest BCUT2D eigenvalue weighted by atomic mass is 19.4. The molecule has 1 aliphatic heterocycles. The number of likely N-dealkylation sites (tertiary alicyclic amines) is 1. The van der Waals surface area contributed by atoms with Gasteiger partial charge in [0.2, 0.25) is 11.8 Å². The molecular weight excluding hydrogens is 365 g/mol. The lowest BCUT2D eigenvalue weighted by molar-refractivity contribution is -0.157. The lowest BCUT2D eigenvalue weighted by Gasteiger charge is -2.21. The Kier molecular flexibility index (Phi) is 6.81. The summed E-state index contributed by atoms with van der Waals surface area (Å²) in [5.74, 6) is -3.12. The van der Waals surface area contributed by atoms with Crippen LogP contribution in [-0.4, -0.2) is 53.1 Å². The highest BCUT2D eigenvalue weighted by Gasteiger charge is 2.40. The Hall–Kier alpha value is -2.58. The summed E-state index contributed by atoms with van der Waals surface area (Å²) in [5, 5.41) is 11.6. The molecule has 0 radical (unpaired) electrons. The van der Waals surface area contributed by atoms with Crippen LogP contribution in [0.2, 0.25) is 0 Å². The van der Waals surface area contributed by atoms with Crippen molar-refractivity contribution in [2.24, 2.45) is 5.92 Å². The van der Waals surface area contributed by atoms with Gasteiger partial charge in [-0.15, -0.1) is 0 Å². The third kappa shape index (κ3) is 6.92. The van der Waals surface area contributed by atoms with Gasteiger partial charge in [0.05, 0.1) is 5.92 Å². The molecule has 27 heavy (non-hydrogen) atoms. The monoisotopic (exact) mass is 386 g/mol. The molecule has 2 N–H and O–H groups in total. The zero-order valence-corrected chi connectivity index (χ0v) is 14.5. The summed E-state index contributed by atoms with van der Waals surface area (Å²) in [6.07, 6.45) is -4.37. The smallest absolute Gasteiger partial charge is 0.406 e. The van der Waals surface area contributed by atoms with Crippen LogP contribution >= 0.6 is 0 Å². The van der Waals surface area contributed by atoms with Gasteiger partial charge in [-0.3, -0.25) is 14.4 Å². The third-order valence-corrected chi connectivity index (χ3v) is 4.33. The normalized spacial score (nSPS) is 18.4. The van der Waals surface area contributed by atoms with Crippen LogP contribution in [0.15, 0.2) is 30.3 Å². The number of amides is 2. The molecule has 1 aliphatic rings. The zero-order chi connectivity index (χ0) is 20.0. The fraction of sp³-hybridized carbons (Fsp3) is 0.500. The topological polar surface area (TPSA) is 86.7 Å². The van der Waals surface area contributed by atoms with Crippen molar-refractivity contribution in [1.82, 2.24) is 10.2 Å². The van der Waals surface area contributed by atoms with Crippen molar-refractivity contribution < 1.29 is 32.7 Å². The average Bonchev–Trinajstić information content (AvgIpc) is 2.92. The molecule has 6 nitrogen and oxygen atoms in total. The van der Waals surface area contributed by atoms with E-state index in [1.165, 1.54) is 0 Å². The Labute approximate surface area is 154 Å². The molecule has 1 heterocycles. The highest BCUT2D eigenvalue weighted by Crippen LogP contribution is 2.24. The number of hydrogen-bond acceptors (Lipinski definition) is 3. The predicted octanol–water partition coefficient (Wildman–Crippen LogP) is 1.99. The standard InChI is InChI=1S/C18H21F3N2O4/c19-18(20,21)11-23-10-13(9-15(23)24)17(27)22-14(6-7-16(25)26)8-12-4-2-1-3-5-12/h1-5,13-14H,6-11H2,(H,22,27)(H,25,26). The number of aliphatic carboxylic acids is 1. The van der Waals surface area contributed by atoms with Gasteiger partial charge in [-0.1, -0.05) is 30.3 Å². The second-order valence-electron chi connectivity index (χ2n) is 6.62. The van der Waals surface area contributed by atoms with Crippen molar-refractivity contribution >= 4 is 17.8 Å². The highest BCUT2D eigenvalue weighted by molar-refractivity contribution is 5.89. The molecule has 2 rings (SSSR count). The van der Waals surface area contributed by atoms with Crippen molar-refractivity contribution in [3.05, 3.63) is 35.9 Å². The number of carboxylic acid groups (broad SMARTS) is 1. The summed E-state index contributed by atoms with van der Waals surface area (Å²) in [6, 6.07) is 8.65. The first-order chi connectivity index (χ1) is 12.6. The van der Waals surface area contributed by atoms with Crippen LogP contribution in [0.3, 0.4) is 0 Å². The van der Waals surface area contributed by atoms with Crippen molar-refractivity contribution in [1.29, 1.82) is 0 Å². The number of rotatable bonds is 8. The van der Waals surface area contributed by atoms with Gasteiger partial charge in [-0.25, -0.2) is 0 Å². The molecule has 0 aromatic heterocycles. The minimum atomic E-state index is -4.52. The molecular formula is C18H21F3N2O4. The van der Waals surface area contributed by atoms with E-state index in [1.54, 1.807) is 0 Å². The Morgan fingerprint density at radius 3 is 2.52 bits per heavy atom. The predicted molar refractivity (Wildman–Crippen MR) is 89.7 cm³/mol. The first kappa shape index (κ1) is 20.7. The number of benzene rings is 1. The van der Waals surface area contributed by atoms with Crippen LogP contribution in [-0.2, 0) is 20.8 Å². The zero-order valence-electron chi connectivity index (χ0n) is 14.5. The summed E-state index contributed by atoms with van der Waals surface area (Å²) >= 11 is 0. The molecule has 0 bridgehead atoms. The Morgan fingerprint density at radius 2 is 1.93 bits per heavy atom. The molecule has 1 aromatic carbocycles. The summed E-state index contributed by atoms with van der Waals surface area (Å²) in [7, 11) is 0. The van der Waals surface area contributed by atoms with E-state index in [0.717, 1.165) is 5.56 Å². The van der Waals surface area contributed by atoms with Crippen molar-refractivity contribution in [3.8, 4) is 0 Å². The maximum absolute atomic E-state index is 12.5. The van der Waals surface area contributed by atoms with Gasteiger partial charge in [0.15, 0.2) is 0 Å². The van der Waals surface area contributed by atoms with E-state index in [2.05, 4.69) is 5.32 Å². The van der Waals surface area contributed by atoms with Crippen LogP contribution in [0.5, 0.6) is 0 Å². The van der Waals surface area contributed by atoms with E-state index in [1.807, 2.05) is 30.3 Å². The SMILES string of the molecule is O=C(O)CCC(Cc1ccccc1)NC(=O)C1CC(=O)N(CC(F)(F)F)C1. The van der Waals surface area contributed by atoms with Crippen LogP contribution in [0.25, 0.3) is 0 Å². The van der Waals surface area contributed by atoms with Gasteiger partial charge >= 0.3 is 12.1 Å². The number of nitrogens with zero attached hydrogens (tertiary/aromatic N) is 1. The number of alkyl halides is 3. The summed E-state index contributed by atoms with van der Waals surface area (Å²) in [6.45, 7) is -1.66. The molecule has 2 unspecified atom stereocenters. The van der Waals surface area contributed by atoms with Gasteiger partial charge in [0.1, 0.15) is 6.54 Å². The van der Waals surface area contributed by atoms with Gasteiger partial charge in [0.25, 0.3) is 0 Å². The molecule has 0 spiro atoms. The number of carbonyl (C=O) groups excluding carboxylic acids is 2. The number of hydrogen-bond donors (Lipinski definition) is 2. The summed E-state index contributed by atoms with van der Waals surface area (Å²) in [5.41, 5.74) is 0.898. The van der Waals surface area contributed by atoms with Gasteiger partial charge in [0, 0.05) is 25.4 Å². The van der Waals surface area contributed by atoms with E-state index < -0.39 is 42.5 Å². The molecule has 148 valence electrons.